The van der Waals surface area contributed by atoms with E-state index in [1.165, 1.54) is 5.56 Å². The van der Waals surface area contributed by atoms with E-state index in [0.717, 1.165) is 9.64 Å². The van der Waals surface area contributed by atoms with Gasteiger partial charge < -0.3 is 0 Å². The number of nitrogens with zero attached hydrogens (tertiary/aromatic N) is 4. The summed E-state index contributed by atoms with van der Waals surface area (Å²) in [5.41, 5.74) is 2.41. The van der Waals surface area contributed by atoms with E-state index >= 15 is 0 Å². The molecule has 0 aliphatic carbocycles. The molecular formula is C11H13BrMgN4. The number of para-hydroxylation sites is 1. The normalized spacial score (nSPS) is 11.3. The topological polar surface area (TPSA) is 43.6 Å². The van der Waals surface area contributed by atoms with Gasteiger partial charge in [0.05, 0.1) is 5.69 Å². The molecule has 1 aromatic carbocycles. The third kappa shape index (κ3) is 2.69. The van der Waals surface area contributed by atoms with E-state index < -0.39 is 18.2 Å². The van der Waals surface area contributed by atoms with Crippen LogP contribution in [0.5, 0.6) is 0 Å². The summed E-state index contributed by atoms with van der Waals surface area (Å²) >= 11 is 2.98. The molecule has 1 heterocycles. The summed E-state index contributed by atoms with van der Waals surface area (Å²) in [6.45, 7) is 6.59. The number of halogens is 1. The molecule has 0 spiro atoms. The van der Waals surface area contributed by atoms with Crippen LogP contribution in [0.4, 0.5) is 0 Å². The van der Waals surface area contributed by atoms with E-state index in [2.05, 4.69) is 67.4 Å². The first kappa shape index (κ1) is 13.0. The predicted molar refractivity (Wildman–Crippen MR) is 72.2 cm³/mol. The van der Waals surface area contributed by atoms with Gasteiger partial charge in [-0.3, -0.25) is 12.9 Å². The lowest BCUT2D eigenvalue weighted by Crippen LogP contribution is -2.26. The van der Waals surface area contributed by atoms with Crippen LogP contribution in [0.3, 0.4) is 0 Å². The fourth-order valence-corrected chi connectivity index (χ4v) is 3.28. The Labute approximate surface area is 116 Å². The number of rotatable bonds is 2. The molecule has 0 saturated heterocycles. The fraction of sp³-hybridized carbons (Fsp3) is 0.364. The average Bonchev–Trinajstić information content (AvgIpc) is 2.75. The minimum Gasteiger partial charge on any atom is -0.289 e. The zero-order valence-electron chi connectivity index (χ0n) is 10.2. The van der Waals surface area contributed by atoms with Gasteiger partial charge in [-0.25, -0.2) is 4.68 Å². The Hall–Kier alpha value is -0.464. The Kier molecular flexibility index (Phi) is 3.84. The second-order valence-corrected chi connectivity index (χ2v) is 7.49. The summed E-state index contributed by atoms with van der Waals surface area (Å²) in [6.07, 6.45) is 0. The Morgan fingerprint density at radius 1 is 1.24 bits per heavy atom. The third-order valence-electron chi connectivity index (χ3n) is 2.59. The van der Waals surface area contributed by atoms with E-state index in [-0.39, 0.29) is 5.41 Å². The Morgan fingerprint density at radius 2 is 1.94 bits per heavy atom. The quantitative estimate of drug-likeness (QED) is 0.792. The fourth-order valence-electron chi connectivity index (χ4n) is 1.77. The molecular weight excluding hydrogens is 292 g/mol. The van der Waals surface area contributed by atoms with Crippen molar-refractivity contribution in [3.63, 3.8) is 0 Å². The Bertz CT molecular complexity index is 518. The van der Waals surface area contributed by atoms with Gasteiger partial charge in [0.2, 0.25) is 0 Å². The number of tetrazole rings is 1. The summed E-state index contributed by atoms with van der Waals surface area (Å²) in [4.78, 5) is 0. The SMILES string of the molecule is CC(C)(C)c1ccccc1-n1nnn[c]1[Mg][Br]. The summed E-state index contributed by atoms with van der Waals surface area (Å²) in [5, 5.41) is 11.9. The van der Waals surface area contributed by atoms with E-state index in [1.807, 2.05) is 10.7 Å². The first-order chi connectivity index (χ1) is 8.04. The van der Waals surface area contributed by atoms with Crippen molar-refractivity contribution in [2.45, 2.75) is 26.2 Å². The summed E-state index contributed by atoms with van der Waals surface area (Å²) in [5.74, 6) is 0. The highest BCUT2D eigenvalue weighted by Gasteiger charge is 2.20. The first-order valence-electron chi connectivity index (χ1n) is 5.47. The highest BCUT2D eigenvalue weighted by molar-refractivity contribution is 9.23. The maximum absolute atomic E-state index is 4.09. The Morgan fingerprint density at radius 3 is 2.59 bits per heavy atom. The summed E-state index contributed by atoms with van der Waals surface area (Å²) < 4.78 is 2.79. The standard InChI is InChI=1S/C11H13N4.BrH.Mg/c1-11(2,3)9-6-4-5-7-10(9)15-8-12-13-14-15;;/h4-7H,1-3H3;1H;/q;;+1/p-1. The molecule has 0 bridgehead atoms. The van der Waals surface area contributed by atoms with Gasteiger partial charge >= 0.3 is 18.2 Å². The van der Waals surface area contributed by atoms with Gasteiger partial charge in [0.15, 0.2) is 0 Å². The highest BCUT2D eigenvalue weighted by Crippen LogP contribution is 2.27. The van der Waals surface area contributed by atoms with Crippen molar-refractivity contribution >= 4 is 35.0 Å². The predicted octanol–water partition coefficient (Wildman–Crippen LogP) is 1.60. The van der Waals surface area contributed by atoms with Crippen molar-refractivity contribution in [1.82, 2.24) is 20.2 Å². The Balaban J connectivity index is 2.60. The largest absolute Gasteiger partial charge is 0.569 e. The zero-order valence-corrected chi connectivity index (χ0v) is 13.2. The maximum atomic E-state index is 4.09. The molecule has 0 atom stereocenters. The summed E-state index contributed by atoms with van der Waals surface area (Å²) in [6, 6.07) is 8.28. The van der Waals surface area contributed by atoms with Crippen LogP contribution in [-0.2, 0) is 5.41 Å². The van der Waals surface area contributed by atoms with Crippen LogP contribution in [0.1, 0.15) is 26.3 Å². The molecule has 0 saturated carbocycles. The highest BCUT2D eigenvalue weighted by atomic mass is 79.9. The van der Waals surface area contributed by atoms with Gasteiger partial charge in [-0.1, -0.05) is 39.0 Å². The number of hydrogen-bond acceptors (Lipinski definition) is 3. The number of aromatic nitrogens is 4. The van der Waals surface area contributed by atoms with Gasteiger partial charge in [-0.05, 0) is 27.5 Å². The molecule has 86 valence electrons. The van der Waals surface area contributed by atoms with Gasteiger partial charge in [0.25, 0.3) is 0 Å². The van der Waals surface area contributed by atoms with Crippen LogP contribution in [0.2, 0.25) is 0 Å². The molecule has 0 unspecified atom stereocenters. The van der Waals surface area contributed by atoms with Crippen LogP contribution < -0.4 is 3.95 Å². The zero-order chi connectivity index (χ0) is 12.5. The number of benzene rings is 1. The molecule has 4 nitrogen and oxygen atoms in total. The van der Waals surface area contributed by atoms with Crippen LogP contribution in [-0.4, -0.2) is 38.4 Å². The van der Waals surface area contributed by atoms with E-state index in [0.29, 0.717) is 0 Å². The second kappa shape index (κ2) is 5.03. The molecule has 6 heteroatoms. The minimum atomic E-state index is -0.560. The molecule has 0 fully saturated rings. The van der Waals surface area contributed by atoms with E-state index in [1.54, 1.807) is 0 Å². The molecule has 1 aromatic heterocycles. The van der Waals surface area contributed by atoms with Crippen LogP contribution in [0.15, 0.2) is 24.3 Å². The summed E-state index contributed by atoms with van der Waals surface area (Å²) in [7, 11) is 0. The lowest BCUT2D eigenvalue weighted by atomic mass is 9.86. The van der Waals surface area contributed by atoms with Crippen molar-refractivity contribution in [3.8, 4) is 5.69 Å². The molecule has 0 N–H and O–H groups in total. The second-order valence-electron chi connectivity index (χ2n) is 4.91. The first-order valence-corrected chi connectivity index (χ1v) is 10.1. The van der Waals surface area contributed by atoms with Crippen molar-refractivity contribution in [1.29, 1.82) is 0 Å². The van der Waals surface area contributed by atoms with Gasteiger partial charge in [-0.15, -0.1) is 5.10 Å². The lowest BCUT2D eigenvalue weighted by Gasteiger charge is -2.22. The molecule has 0 radical (unpaired) electrons. The van der Waals surface area contributed by atoms with Crippen molar-refractivity contribution in [2.75, 3.05) is 0 Å². The number of hydrogen-bond donors (Lipinski definition) is 0. The van der Waals surface area contributed by atoms with Crippen molar-refractivity contribution < 1.29 is 0 Å². The smallest absolute Gasteiger partial charge is 0.289 e. The van der Waals surface area contributed by atoms with Gasteiger partial charge in [0, 0.05) is 3.95 Å². The van der Waals surface area contributed by atoms with Crippen molar-refractivity contribution in [2.24, 2.45) is 0 Å². The van der Waals surface area contributed by atoms with E-state index in [4.69, 9.17) is 0 Å². The van der Waals surface area contributed by atoms with E-state index in [9.17, 15) is 0 Å². The minimum absolute atomic E-state index is 0.0771. The maximum Gasteiger partial charge on any atom is 0.569 e. The van der Waals surface area contributed by atoms with Crippen LogP contribution >= 0.6 is 12.9 Å². The molecule has 0 amide bonds. The lowest BCUT2D eigenvalue weighted by molar-refractivity contribution is 0.582. The third-order valence-corrected chi connectivity index (χ3v) is 4.78. The monoisotopic (exact) mass is 304 g/mol. The van der Waals surface area contributed by atoms with Crippen LogP contribution in [0.25, 0.3) is 5.69 Å². The van der Waals surface area contributed by atoms with Gasteiger partial charge in [-0.2, -0.15) is 0 Å². The van der Waals surface area contributed by atoms with Crippen LogP contribution in [0, 0.1) is 0 Å². The molecule has 2 aromatic rings. The molecule has 0 aliphatic heterocycles. The molecule has 0 aliphatic rings. The molecule has 17 heavy (non-hydrogen) atoms. The molecule has 2 rings (SSSR count). The average molecular weight is 305 g/mol. The van der Waals surface area contributed by atoms with Gasteiger partial charge in [0.1, 0.15) is 0 Å². The van der Waals surface area contributed by atoms with Crippen molar-refractivity contribution in [3.05, 3.63) is 29.8 Å².